The highest BCUT2D eigenvalue weighted by Gasteiger charge is 2.04. The lowest BCUT2D eigenvalue weighted by atomic mass is 10.4. The Morgan fingerprint density at radius 3 is 3.44 bits per heavy atom. The third kappa shape index (κ3) is 0.614. The van der Waals surface area contributed by atoms with Gasteiger partial charge in [0.2, 0.25) is 0 Å². The topological polar surface area (TPSA) is 37.4 Å². The van der Waals surface area contributed by atoms with Gasteiger partial charge in [0.1, 0.15) is 12.3 Å². The summed E-state index contributed by atoms with van der Waals surface area (Å²) in [4.78, 5) is 6.97. The molecule has 0 fully saturated rings. The molecule has 0 aliphatic carbocycles. The molecule has 46 valence electrons. The molecule has 9 heavy (non-hydrogen) atoms. The van der Waals surface area contributed by atoms with E-state index in [2.05, 4.69) is 9.98 Å². The monoisotopic (exact) mass is 122 g/mol. The van der Waals surface area contributed by atoms with E-state index in [4.69, 9.17) is 4.74 Å². The third-order valence-corrected chi connectivity index (χ3v) is 1.23. The molecule has 1 aliphatic heterocycles. The maximum atomic E-state index is 5.18. The van der Waals surface area contributed by atoms with Crippen molar-refractivity contribution in [2.75, 3.05) is 6.61 Å². The van der Waals surface area contributed by atoms with Gasteiger partial charge < -0.3 is 9.72 Å². The first-order chi connectivity index (χ1) is 4.47. The molecule has 0 radical (unpaired) electrons. The van der Waals surface area contributed by atoms with E-state index in [-0.39, 0.29) is 0 Å². The van der Waals surface area contributed by atoms with Crippen molar-refractivity contribution < 1.29 is 4.74 Å². The summed E-state index contributed by atoms with van der Waals surface area (Å²) in [6.45, 7) is 0.588. The third-order valence-electron chi connectivity index (χ3n) is 1.23. The van der Waals surface area contributed by atoms with Crippen molar-refractivity contribution in [1.29, 1.82) is 0 Å². The van der Waals surface area contributed by atoms with Crippen LogP contribution >= 0.6 is 0 Å². The predicted octanol–water partition coefficient (Wildman–Crippen LogP) is 1.11. The zero-order valence-electron chi connectivity index (χ0n) is 4.79. The van der Waals surface area contributed by atoms with Gasteiger partial charge in [-0.25, -0.2) is 0 Å². The van der Waals surface area contributed by atoms with E-state index in [9.17, 15) is 0 Å². The summed E-state index contributed by atoms with van der Waals surface area (Å²) >= 11 is 0. The molecule has 0 bridgehead atoms. The quantitative estimate of drug-likeness (QED) is 0.549. The highest BCUT2D eigenvalue weighted by Crippen LogP contribution is 2.27. The van der Waals surface area contributed by atoms with Crippen LogP contribution < -0.4 is 4.74 Å². The van der Waals surface area contributed by atoms with Gasteiger partial charge in [-0.1, -0.05) is 0 Å². The summed E-state index contributed by atoms with van der Waals surface area (Å²) in [5, 5.41) is 0. The average molecular weight is 122 g/mol. The summed E-state index contributed by atoms with van der Waals surface area (Å²) in [5.41, 5.74) is 0.890. The van der Waals surface area contributed by atoms with Crippen LogP contribution in [-0.2, 0) is 0 Å². The fourth-order valence-electron chi connectivity index (χ4n) is 0.821. The van der Waals surface area contributed by atoms with Gasteiger partial charge >= 0.3 is 0 Å². The van der Waals surface area contributed by atoms with E-state index in [1.807, 2.05) is 6.20 Å². The second-order valence-electron chi connectivity index (χ2n) is 1.83. The Morgan fingerprint density at radius 2 is 2.56 bits per heavy atom. The largest absolute Gasteiger partial charge is 0.484 e. The van der Waals surface area contributed by atoms with Gasteiger partial charge in [0.25, 0.3) is 0 Å². The fourth-order valence-corrected chi connectivity index (χ4v) is 0.821. The number of aromatic amines is 1. The Balaban J connectivity index is 2.53. The molecule has 2 heterocycles. The average Bonchev–Trinajstić information content (AvgIpc) is 2.33. The van der Waals surface area contributed by atoms with E-state index >= 15 is 0 Å². The minimum atomic E-state index is 0.588. The zero-order valence-corrected chi connectivity index (χ0v) is 4.79. The smallest absolute Gasteiger partial charge is 0.162 e. The molecule has 0 saturated heterocycles. The van der Waals surface area contributed by atoms with E-state index in [1.54, 1.807) is 12.4 Å². The molecule has 1 aromatic heterocycles. The van der Waals surface area contributed by atoms with E-state index in [0.717, 1.165) is 11.4 Å². The molecular weight excluding hydrogens is 116 g/mol. The van der Waals surface area contributed by atoms with Crippen LogP contribution in [0.1, 0.15) is 0 Å². The van der Waals surface area contributed by atoms with Gasteiger partial charge in [-0.05, 0) is 0 Å². The van der Waals surface area contributed by atoms with Gasteiger partial charge in [0.05, 0.1) is 0 Å². The van der Waals surface area contributed by atoms with Crippen molar-refractivity contribution in [2.45, 2.75) is 0 Å². The minimum Gasteiger partial charge on any atom is -0.484 e. The number of nitrogens with one attached hydrogen (secondary N) is 1. The Kier molecular flexibility index (Phi) is 0.828. The number of aromatic nitrogens is 1. The number of hydrogen-bond donors (Lipinski definition) is 1. The van der Waals surface area contributed by atoms with Crippen molar-refractivity contribution in [1.82, 2.24) is 4.98 Å². The first-order valence-electron chi connectivity index (χ1n) is 2.79. The van der Waals surface area contributed by atoms with Gasteiger partial charge in [0.15, 0.2) is 5.75 Å². The molecule has 0 spiro atoms. The van der Waals surface area contributed by atoms with Gasteiger partial charge in [-0.3, -0.25) is 4.99 Å². The Morgan fingerprint density at radius 1 is 1.56 bits per heavy atom. The lowest BCUT2D eigenvalue weighted by molar-refractivity contribution is 0.377. The Bertz CT molecular complexity index is 239. The van der Waals surface area contributed by atoms with Crippen LogP contribution in [0.5, 0.6) is 5.75 Å². The molecule has 2 rings (SSSR count). The van der Waals surface area contributed by atoms with Crippen LogP contribution in [0.4, 0.5) is 5.69 Å². The second-order valence-corrected chi connectivity index (χ2v) is 1.83. The SMILES string of the molecule is C1=Nc2c[nH]cc2OC1. The zero-order chi connectivity index (χ0) is 6.10. The molecule has 1 N–H and O–H groups in total. The molecule has 3 heteroatoms. The highest BCUT2D eigenvalue weighted by atomic mass is 16.5. The molecule has 1 aromatic rings. The first kappa shape index (κ1) is 4.61. The number of ether oxygens (including phenoxy) is 1. The van der Waals surface area contributed by atoms with Crippen molar-refractivity contribution in [3.8, 4) is 5.75 Å². The lowest BCUT2D eigenvalue weighted by Gasteiger charge is -2.04. The van der Waals surface area contributed by atoms with Crippen LogP contribution in [0.3, 0.4) is 0 Å². The standard InChI is InChI=1S/C6H6N2O/c1-2-9-6-4-7-3-5(6)8-1/h1,3-4,7H,2H2. The molecule has 0 aromatic carbocycles. The highest BCUT2D eigenvalue weighted by molar-refractivity contribution is 5.70. The predicted molar refractivity (Wildman–Crippen MR) is 34.4 cm³/mol. The van der Waals surface area contributed by atoms with Gasteiger partial charge in [0, 0.05) is 18.6 Å². The van der Waals surface area contributed by atoms with Crippen molar-refractivity contribution in [3.63, 3.8) is 0 Å². The molecule has 0 saturated carbocycles. The van der Waals surface area contributed by atoms with Crippen LogP contribution in [0.15, 0.2) is 17.4 Å². The minimum absolute atomic E-state index is 0.588. The van der Waals surface area contributed by atoms with Gasteiger partial charge in [-0.2, -0.15) is 0 Å². The summed E-state index contributed by atoms with van der Waals surface area (Å²) in [7, 11) is 0. The summed E-state index contributed by atoms with van der Waals surface area (Å²) in [6, 6.07) is 0. The van der Waals surface area contributed by atoms with E-state index in [0.29, 0.717) is 6.61 Å². The number of rotatable bonds is 0. The van der Waals surface area contributed by atoms with Crippen LogP contribution in [0, 0.1) is 0 Å². The Hall–Kier alpha value is -1.25. The molecular formula is C6H6N2O. The lowest BCUT2D eigenvalue weighted by Crippen LogP contribution is -2.00. The number of nitrogens with zero attached hydrogens (tertiary/aromatic N) is 1. The molecule has 0 amide bonds. The number of aliphatic imine (C=N–C) groups is 1. The number of hydrogen-bond acceptors (Lipinski definition) is 2. The normalized spacial score (nSPS) is 14.7. The molecule has 3 nitrogen and oxygen atoms in total. The van der Waals surface area contributed by atoms with Crippen molar-refractivity contribution in [2.24, 2.45) is 4.99 Å². The molecule has 1 aliphatic rings. The number of fused-ring (bicyclic) bond motifs is 1. The summed E-state index contributed by atoms with van der Waals surface area (Å²) in [6.07, 6.45) is 5.35. The van der Waals surface area contributed by atoms with E-state index < -0.39 is 0 Å². The fraction of sp³-hybridized carbons (Fsp3) is 0.167. The number of H-pyrrole nitrogens is 1. The molecule has 0 unspecified atom stereocenters. The summed E-state index contributed by atoms with van der Waals surface area (Å²) in [5.74, 6) is 0.845. The van der Waals surface area contributed by atoms with Crippen molar-refractivity contribution in [3.05, 3.63) is 12.4 Å². The van der Waals surface area contributed by atoms with Crippen LogP contribution in [0.2, 0.25) is 0 Å². The van der Waals surface area contributed by atoms with Gasteiger partial charge in [-0.15, -0.1) is 0 Å². The maximum Gasteiger partial charge on any atom is 0.162 e. The molecule has 0 atom stereocenters. The van der Waals surface area contributed by atoms with Crippen LogP contribution in [-0.4, -0.2) is 17.8 Å². The Labute approximate surface area is 52.4 Å². The van der Waals surface area contributed by atoms with E-state index in [1.165, 1.54) is 0 Å². The van der Waals surface area contributed by atoms with Crippen LogP contribution in [0.25, 0.3) is 0 Å². The van der Waals surface area contributed by atoms with Crippen molar-refractivity contribution >= 4 is 11.9 Å². The first-order valence-corrected chi connectivity index (χ1v) is 2.79. The summed E-state index contributed by atoms with van der Waals surface area (Å²) < 4.78 is 5.18. The maximum absolute atomic E-state index is 5.18. The second kappa shape index (κ2) is 1.62.